The summed E-state index contributed by atoms with van der Waals surface area (Å²) in [4.78, 5) is 44.2. The van der Waals surface area contributed by atoms with Crippen molar-refractivity contribution in [1.29, 1.82) is 0 Å². The first kappa shape index (κ1) is 34.8. The molecule has 1 aliphatic heterocycles. The Morgan fingerprint density at radius 2 is 1.63 bits per heavy atom. The molecule has 8 rings (SSSR count). The van der Waals surface area contributed by atoms with Crippen LogP contribution in [-0.4, -0.2) is 53.5 Å². The third kappa shape index (κ3) is 6.77. The van der Waals surface area contributed by atoms with Gasteiger partial charge in [-0.25, -0.2) is 0 Å². The Morgan fingerprint density at radius 1 is 0.941 bits per heavy atom. The van der Waals surface area contributed by atoms with E-state index in [2.05, 4.69) is 55.6 Å². The molecule has 3 aliphatic carbocycles. The fraction of sp³-hybridized carbons (Fsp3) is 0.425. The molecule has 6 N–H and O–H groups in total. The molecule has 1 aromatic heterocycles. The Morgan fingerprint density at radius 3 is 2.33 bits per heavy atom. The largest absolute Gasteiger partial charge is 0.481 e. The fourth-order valence-electron chi connectivity index (χ4n) is 8.49. The van der Waals surface area contributed by atoms with Crippen LogP contribution in [0.4, 0.5) is 11.4 Å². The number of rotatable bonds is 11. The summed E-state index contributed by atoms with van der Waals surface area (Å²) in [5.74, 6) is -0.206. The number of para-hydroxylation sites is 3. The number of anilines is 2. The number of H-pyrrole nitrogens is 1. The average molecular weight is 690 g/mol. The van der Waals surface area contributed by atoms with Gasteiger partial charge in [0.2, 0.25) is 5.91 Å². The van der Waals surface area contributed by atoms with E-state index >= 15 is 0 Å². The van der Waals surface area contributed by atoms with Crippen molar-refractivity contribution in [2.24, 2.45) is 23.2 Å². The first-order valence-electron chi connectivity index (χ1n) is 18.1. The molecule has 4 aromatic rings. The molecule has 0 spiro atoms. The minimum absolute atomic E-state index is 0.0223. The Hall–Kier alpha value is -4.61. The molecular formula is C40H48BN5O5. The van der Waals surface area contributed by atoms with E-state index in [-0.39, 0.29) is 41.3 Å². The van der Waals surface area contributed by atoms with Crippen LogP contribution in [0.2, 0.25) is 0 Å². The molecular weight excluding hydrogens is 641 g/mol. The van der Waals surface area contributed by atoms with Gasteiger partial charge in [-0.2, -0.15) is 0 Å². The standard InChI is InChI=1S/C40H48BN5O5/c1-23(2)18-34(41-50-35-29-20-27(39(29,3)4)21-40(35,5)51-41)46-38(49)33(19-26-22-43-31-12-8-6-10-28(26)31)45-37(48)25-16-14-24(15-17-25)36(47)44-32-13-9-7-11-30(32)42/h6-17,22-23,27,29,33-35,43H,18-21,42H2,1-5H3,(H,44,47)(H,45,48)(H,46,49)/t27-,29+,33+,34+,35?,40+/m1/s1. The molecule has 3 aromatic carbocycles. The predicted octanol–water partition coefficient (Wildman–Crippen LogP) is 6.14. The number of nitrogen functional groups attached to an aromatic ring is 1. The molecule has 51 heavy (non-hydrogen) atoms. The van der Waals surface area contributed by atoms with E-state index < -0.39 is 25.0 Å². The van der Waals surface area contributed by atoms with E-state index in [1.54, 1.807) is 48.5 Å². The van der Waals surface area contributed by atoms with Gasteiger partial charge in [-0.3, -0.25) is 14.4 Å². The van der Waals surface area contributed by atoms with Crippen LogP contribution < -0.4 is 21.7 Å². The Balaban J connectivity index is 1.10. The van der Waals surface area contributed by atoms with Crippen LogP contribution in [0, 0.1) is 23.2 Å². The Bertz CT molecular complexity index is 1940. The molecule has 11 heteroatoms. The van der Waals surface area contributed by atoms with Crippen molar-refractivity contribution in [3.8, 4) is 0 Å². The molecule has 1 unspecified atom stereocenters. The lowest BCUT2D eigenvalue weighted by Gasteiger charge is -2.63. The van der Waals surface area contributed by atoms with Crippen LogP contribution in [0.5, 0.6) is 0 Å². The van der Waals surface area contributed by atoms with E-state index in [9.17, 15) is 14.4 Å². The number of hydrogen-bond acceptors (Lipinski definition) is 6. The van der Waals surface area contributed by atoms with Gasteiger partial charge in [0, 0.05) is 34.6 Å². The normalized spacial score (nSPS) is 24.4. The van der Waals surface area contributed by atoms with E-state index in [0.29, 0.717) is 40.8 Å². The van der Waals surface area contributed by atoms with Gasteiger partial charge < -0.3 is 36.0 Å². The SMILES string of the molecule is CC(C)C[C@H](NC(=O)[C@H](Cc1c[nH]c2ccccc12)NC(=O)c1ccc(C(=O)Nc2ccccc2N)cc1)B1OC2[C@@H]3C[C@H](C[C@]2(C)O1)C3(C)C. The summed E-state index contributed by atoms with van der Waals surface area (Å²) in [5.41, 5.74) is 9.32. The number of benzene rings is 3. The van der Waals surface area contributed by atoms with Gasteiger partial charge in [0.15, 0.2) is 0 Å². The van der Waals surface area contributed by atoms with Crippen molar-refractivity contribution in [2.45, 2.75) is 84.0 Å². The maximum absolute atomic E-state index is 14.3. The average Bonchev–Trinajstić information content (AvgIpc) is 3.69. The summed E-state index contributed by atoms with van der Waals surface area (Å²) >= 11 is 0. The summed E-state index contributed by atoms with van der Waals surface area (Å²) in [7, 11) is -0.587. The number of amides is 3. The van der Waals surface area contributed by atoms with Gasteiger partial charge >= 0.3 is 7.12 Å². The lowest BCUT2D eigenvalue weighted by Crippen LogP contribution is -2.63. The number of nitrogens with two attached hydrogens (primary N) is 1. The second-order valence-corrected chi connectivity index (χ2v) is 15.9. The van der Waals surface area contributed by atoms with Gasteiger partial charge in [-0.05, 0) is 97.4 Å². The lowest BCUT2D eigenvalue weighted by atomic mass is 9.45. The highest BCUT2D eigenvalue weighted by molar-refractivity contribution is 6.48. The van der Waals surface area contributed by atoms with Crippen LogP contribution in [0.1, 0.15) is 80.2 Å². The maximum Gasteiger partial charge on any atom is 0.481 e. The van der Waals surface area contributed by atoms with Crippen molar-refractivity contribution >= 4 is 47.1 Å². The number of carbonyl (C=O) groups is 3. The zero-order valence-electron chi connectivity index (χ0n) is 30.0. The molecule has 1 saturated heterocycles. The van der Waals surface area contributed by atoms with Crippen molar-refractivity contribution in [3.05, 3.63) is 95.7 Å². The summed E-state index contributed by atoms with van der Waals surface area (Å²) in [5, 5.41) is 10.0. The second-order valence-electron chi connectivity index (χ2n) is 15.9. The van der Waals surface area contributed by atoms with Crippen molar-refractivity contribution < 1.29 is 23.7 Å². The summed E-state index contributed by atoms with van der Waals surface area (Å²) in [6.45, 7) is 11.1. The molecule has 4 fully saturated rings. The Labute approximate surface area is 299 Å². The van der Waals surface area contributed by atoms with Crippen molar-refractivity contribution in [2.75, 3.05) is 11.1 Å². The van der Waals surface area contributed by atoms with Crippen molar-refractivity contribution in [1.82, 2.24) is 15.6 Å². The monoisotopic (exact) mass is 689 g/mol. The molecule has 0 radical (unpaired) electrons. The summed E-state index contributed by atoms with van der Waals surface area (Å²) in [6.07, 6.45) is 4.88. The van der Waals surface area contributed by atoms with Gasteiger partial charge in [-0.15, -0.1) is 0 Å². The van der Waals surface area contributed by atoms with Gasteiger partial charge in [0.05, 0.1) is 29.0 Å². The second kappa shape index (κ2) is 13.5. The quantitative estimate of drug-likeness (QED) is 0.0944. The van der Waals surface area contributed by atoms with E-state index in [0.717, 1.165) is 29.3 Å². The van der Waals surface area contributed by atoms with Crippen molar-refractivity contribution in [3.63, 3.8) is 0 Å². The first-order valence-corrected chi connectivity index (χ1v) is 18.1. The molecule has 6 atom stereocenters. The van der Waals surface area contributed by atoms with E-state index in [4.69, 9.17) is 15.0 Å². The third-order valence-corrected chi connectivity index (χ3v) is 11.6. The lowest BCUT2D eigenvalue weighted by molar-refractivity contribution is -0.185. The molecule has 3 saturated carbocycles. The summed E-state index contributed by atoms with van der Waals surface area (Å²) < 4.78 is 13.4. The highest BCUT2D eigenvalue weighted by Gasteiger charge is 2.67. The molecule has 266 valence electrons. The number of fused-ring (bicyclic) bond motifs is 1. The zero-order valence-corrected chi connectivity index (χ0v) is 30.0. The van der Waals surface area contributed by atoms with E-state index in [1.165, 1.54) is 0 Å². The van der Waals surface area contributed by atoms with Crippen LogP contribution in [0.3, 0.4) is 0 Å². The molecule has 3 amide bonds. The number of hydrogen-bond donors (Lipinski definition) is 5. The third-order valence-electron chi connectivity index (χ3n) is 11.6. The Kier molecular flexibility index (Phi) is 9.22. The van der Waals surface area contributed by atoms with Crippen LogP contribution in [-0.2, 0) is 20.5 Å². The number of aromatic amines is 1. The maximum atomic E-state index is 14.3. The molecule has 10 nitrogen and oxygen atoms in total. The van der Waals surface area contributed by atoms with Gasteiger partial charge in [0.25, 0.3) is 11.8 Å². The van der Waals surface area contributed by atoms with Crippen LogP contribution >= 0.6 is 0 Å². The van der Waals surface area contributed by atoms with Gasteiger partial charge in [0.1, 0.15) is 6.04 Å². The molecule has 2 heterocycles. The zero-order chi connectivity index (χ0) is 36.1. The number of carbonyl (C=O) groups excluding carboxylic acids is 3. The van der Waals surface area contributed by atoms with Crippen LogP contribution in [0.25, 0.3) is 10.9 Å². The highest BCUT2D eigenvalue weighted by Crippen LogP contribution is 2.64. The minimum atomic E-state index is -0.901. The molecule has 4 aliphatic rings. The topological polar surface area (TPSA) is 148 Å². The van der Waals surface area contributed by atoms with E-state index in [1.807, 2.05) is 30.5 Å². The fourth-order valence-corrected chi connectivity index (χ4v) is 8.49. The summed E-state index contributed by atoms with van der Waals surface area (Å²) in [6, 6.07) is 20.3. The predicted molar refractivity (Wildman–Crippen MR) is 200 cm³/mol. The van der Waals surface area contributed by atoms with Gasteiger partial charge in [-0.1, -0.05) is 58.0 Å². The minimum Gasteiger partial charge on any atom is -0.404 e. The highest BCUT2D eigenvalue weighted by atomic mass is 16.7. The number of nitrogens with one attached hydrogen (secondary N) is 4. The smallest absolute Gasteiger partial charge is 0.404 e. The first-order chi connectivity index (χ1) is 24.3. The molecule has 2 bridgehead atoms. The van der Waals surface area contributed by atoms with Crippen LogP contribution in [0.15, 0.2) is 79.0 Å². The number of aromatic nitrogens is 1.